The smallest absolute Gasteiger partial charge is 0.0174 e. The van der Waals surface area contributed by atoms with Gasteiger partial charge in [-0.2, -0.15) is 0 Å². The van der Waals surface area contributed by atoms with Gasteiger partial charge in [0.1, 0.15) is 0 Å². The Morgan fingerprint density at radius 1 is 1.08 bits per heavy atom. The van der Waals surface area contributed by atoms with E-state index in [9.17, 15) is 0 Å². The molecule has 0 spiro atoms. The number of hydrogen-bond acceptors (Lipinski definition) is 1. The zero-order valence-electron chi connectivity index (χ0n) is 10.2. The van der Waals surface area contributed by atoms with Gasteiger partial charge in [-0.3, -0.25) is 0 Å². The first-order valence-corrected chi connectivity index (χ1v) is 5.62. The van der Waals surface area contributed by atoms with Gasteiger partial charge >= 0.3 is 0 Å². The summed E-state index contributed by atoms with van der Waals surface area (Å²) in [6.07, 6.45) is 3.77. The summed E-state index contributed by atoms with van der Waals surface area (Å²) in [4.78, 5) is 2.36. The van der Waals surface area contributed by atoms with Crippen LogP contribution < -0.4 is 0 Å². The molecule has 0 amide bonds. The lowest BCUT2D eigenvalue weighted by Crippen LogP contribution is -2.23. The zero-order valence-corrected chi connectivity index (χ0v) is 10.2. The lowest BCUT2D eigenvalue weighted by Gasteiger charge is -2.23. The third kappa shape index (κ3) is 9.45. The molecule has 0 rings (SSSR count). The lowest BCUT2D eigenvalue weighted by atomic mass is 10.3. The fourth-order valence-electron chi connectivity index (χ4n) is 1.11. The molecule has 1 nitrogen and oxygen atoms in total. The average molecular weight is 185 g/mol. The Kier molecular flexibility index (Phi) is 13.3. The number of hydrogen-bond donors (Lipinski definition) is 0. The van der Waals surface area contributed by atoms with E-state index in [0.717, 1.165) is 6.54 Å². The van der Waals surface area contributed by atoms with Crippen molar-refractivity contribution in [3.05, 3.63) is 12.3 Å². The monoisotopic (exact) mass is 185 g/mol. The van der Waals surface area contributed by atoms with Crippen molar-refractivity contribution in [2.45, 2.75) is 53.9 Å². The summed E-state index contributed by atoms with van der Waals surface area (Å²) < 4.78 is 0. The molecule has 0 heterocycles. The molecule has 0 aromatic rings. The van der Waals surface area contributed by atoms with Gasteiger partial charge in [-0.15, -0.1) is 0 Å². The molecular formula is C12H27N. The summed E-state index contributed by atoms with van der Waals surface area (Å²) in [5, 5.41) is 0. The van der Waals surface area contributed by atoms with Crippen molar-refractivity contribution in [1.29, 1.82) is 0 Å². The van der Waals surface area contributed by atoms with E-state index >= 15 is 0 Å². The summed E-state index contributed by atoms with van der Waals surface area (Å²) in [6.45, 7) is 16.8. The van der Waals surface area contributed by atoms with E-state index in [4.69, 9.17) is 0 Å². The second-order valence-corrected chi connectivity index (χ2v) is 3.08. The molecule has 80 valence electrons. The maximum atomic E-state index is 3.95. The van der Waals surface area contributed by atoms with E-state index in [0.29, 0.717) is 0 Å². The van der Waals surface area contributed by atoms with E-state index in [2.05, 4.69) is 32.3 Å². The van der Waals surface area contributed by atoms with Gasteiger partial charge in [0.05, 0.1) is 0 Å². The van der Waals surface area contributed by atoms with Gasteiger partial charge < -0.3 is 4.90 Å². The number of allylic oxidation sites excluding steroid dienone is 1. The Labute approximate surface area is 84.8 Å². The van der Waals surface area contributed by atoms with Crippen molar-refractivity contribution in [3.63, 3.8) is 0 Å². The molecule has 0 bridgehead atoms. The largest absolute Gasteiger partial charge is 0.376 e. The Morgan fingerprint density at radius 2 is 1.62 bits per heavy atom. The van der Waals surface area contributed by atoms with E-state index in [1.165, 1.54) is 31.5 Å². The van der Waals surface area contributed by atoms with Crippen LogP contribution in [0.4, 0.5) is 0 Å². The summed E-state index contributed by atoms with van der Waals surface area (Å²) in [6, 6.07) is 0. The third-order valence-corrected chi connectivity index (χ3v) is 1.81. The van der Waals surface area contributed by atoms with Crippen molar-refractivity contribution >= 4 is 0 Å². The summed E-state index contributed by atoms with van der Waals surface area (Å²) in [5.41, 5.74) is 1.21. The minimum absolute atomic E-state index is 1.16. The molecule has 0 unspecified atom stereocenters. The quantitative estimate of drug-likeness (QED) is 0.603. The fourth-order valence-corrected chi connectivity index (χ4v) is 1.11. The summed E-state index contributed by atoms with van der Waals surface area (Å²) in [5.74, 6) is 0. The first kappa shape index (κ1) is 15.0. The van der Waals surface area contributed by atoms with Gasteiger partial charge in [-0.05, 0) is 19.8 Å². The highest BCUT2D eigenvalue weighted by molar-refractivity contribution is 4.87. The van der Waals surface area contributed by atoms with Crippen LogP contribution >= 0.6 is 0 Å². The van der Waals surface area contributed by atoms with Crippen LogP contribution in [0.5, 0.6) is 0 Å². The van der Waals surface area contributed by atoms with Crippen molar-refractivity contribution in [2.75, 3.05) is 13.1 Å². The van der Waals surface area contributed by atoms with Gasteiger partial charge in [0.15, 0.2) is 0 Å². The lowest BCUT2D eigenvalue weighted by molar-refractivity contribution is 0.340. The van der Waals surface area contributed by atoms with Crippen molar-refractivity contribution in [1.82, 2.24) is 4.90 Å². The maximum absolute atomic E-state index is 3.95. The van der Waals surface area contributed by atoms with Crippen molar-refractivity contribution in [2.24, 2.45) is 0 Å². The van der Waals surface area contributed by atoms with Gasteiger partial charge in [0.25, 0.3) is 0 Å². The minimum atomic E-state index is 1.16. The predicted octanol–water partition coefficient (Wildman–Crippen LogP) is 4.06. The molecular weight excluding hydrogens is 158 g/mol. The average Bonchev–Trinajstić information content (AvgIpc) is 2.15. The van der Waals surface area contributed by atoms with E-state index < -0.39 is 0 Å². The molecule has 0 radical (unpaired) electrons. The molecule has 13 heavy (non-hydrogen) atoms. The highest BCUT2D eigenvalue weighted by Crippen LogP contribution is 2.03. The molecule has 0 aromatic carbocycles. The number of unbranched alkanes of at least 4 members (excludes halogenated alkanes) is 1. The molecule has 0 atom stereocenters. The topological polar surface area (TPSA) is 3.24 Å². The first-order valence-electron chi connectivity index (χ1n) is 5.62. The normalized spacial score (nSPS) is 8.69. The highest BCUT2D eigenvalue weighted by atomic mass is 15.1. The number of rotatable bonds is 6. The third-order valence-electron chi connectivity index (χ3n) is 1.81. The molecule has 0 aliphatic heterocycles. The van der Waals surface area contributed by atoms with Crippen LogP contribution in [0.25, 0.3) is 0 Å². The Balaban J connectivity index is 0. The Hall–Kier alpha value is -0.460. The standard InChI is InChI=1S/C10H21N.C2H6/c1-5-7-9-11(8-6-2)10(3)4;1-2/h3,5-9H2,1-2,4H3;1-2H3. The van der Waals surface area contributed by atoms with E-state index in [1.807, 2.05) is 13.8 Å². The van der Waals surface area contributed by atoms with Crippen LogP contribution in [0.2, 0.25) is 0 Å². The second kappa shape index (κ2) is 11.5. The van der Waals surface area contributed by atoms with Gasteiger partial charge in [0.2, 0.25) is 0 Å². The highest BCUT2D eigenvalue weighted by Gasteiger charge is 1.99. The first-order chi connectivity index (χ1) is 6.22. The molecule has 0 aliphatic rings. The molecule has 0 saturated heterocycles. The molecule has 1 heteroatoms. The Morgan fingerprint density at radius 3 is 1.92 bits per heavy atom. The molecule has 0 saturated carbocycles. The summed E-state index contributed by atoms with van der Waals surface area (Å²) >= 11 is 0. The van der Waals surface area contributed by atoms with E-state index in [-0.39, 0.29) is 0 Å². The zero-order chi connectivity index (χ0) is 10.7. The molecule has 0 fully saturated rings. The van der Waals surface area contributed by atoms with Crippen molar-refractivity contribution < 1.29 is 0 Å². The van der Waals surface area contributed by atoms with Crippen molar-refractivity contribution in [3.8, 4) is 0 Å². The van der Waals surface area contributed by atoms with Gasteiger partial charge in [-0.1, -0.05) is 40.7 Å². The number of nitrogens with zero attached hydrogens (tertiary/aromatic N) is 1. The van der Waals surface area contributed by atoms with Crippen LogP contribution in [-0.2, 0) is 0 Å². The predicted molar refractivity (Wildman–Crippen MR) is 62.9 cm³/mol. The molecule has 0 aromatic heterocycles. The van der Waals surface area contributed by atoms with Crippen LogP contribution in [0.15, 0.2) is 12.3 Å². The maximum Gasteiger partial charge on any atom is 0.0174 e. The fraction of sp³-hybridized carbons (Fsp3) is 0.833. The second-order valence-electron chi connectivity index (χ2n) is 3.08. The van der Waals surface area contributed by atoms with Gasteiger partial charge in [-0.25, -0.2) is 0 Å². The SMILES string of the molecule is C=C(C)N(CCC)CCCC.CC. The van der Waals surface area contributed by atoms with Crippen LogP contribution in [0.3, 0.4) is 0 Å². The minimum Gasteiger partial charge on any atom is -0.376 e. The van der Waals surface area contributed by atoms with E-state index in [1.54, 1.807) is 0 Å². The summed E-state index contributed by atoms with van der Waals surface area (Å²) in [7, 11) is 0. The van der Waals surface area contributed by atoms with Gasteiger partial charge in [0, 0.05) is 18.8 Å². The van der Waals surface area contributed by atoms with Crippen LogP contribution in [0, 0.1) is 0 Å². The molecule has 0 aliphatic carbocycles. The molecule has 0 N–H and O–H groups in total. The van der Waals surface area contributed by atoms with Crippen LogP contribution in [0.1, 0.15) is 53.9 Å². The Bertz CT molecular complexity index is 108. The van der Waals surface area contributed by atoms with Crippen LogP contribution in [-0.4, -0.2) is 18.0 Å².